The van der Waals surface area contributed by atoms with Crippen LogP contribution in [-0.2, 0) is 9.53 Å². The zero-order valence-corrected chi connectivity index (χ0v) is 7.31. The van der Waals surface area contributed by atoms with Gasteiger partial charge in [0.25, 0.3) is 0 Å². The van der Waals surface area contributed by atoms with Gasteiger partial charge in [-0.25, -0.2) is 0 Å². The number of carbonyl (C=O) groups is 1. The van der Waals surface area contributed by atoms with Crippen molar-refractivity contribution in [2.45, 2.75) is 39.7 Å². The molecular formula is C9H14O2. The lowest BCUT2D eigenvalue weighted by atomic mass is 9.70. The molecule has 2 fully saturated rings. The molecule has 0 amide bonds. The molecule has 1 saturated heterocycles. The first-order chi connectivity index (χ1) is 4.98. The second-order valence-corrected chi connectivity index (χ2v) is 4.49. The smallest absolute Gasteiger partial charge is 0.312 e. The fourth-order valence-electron chi connectivity index (χ4n) is 2.29. The monoisotopic (exact) mass is 154 g/mol. The van der Waals surface area contributed by atoms with Crippen molar-refractivity contribution < 1.29 is 9.53 Å². The van der Waals surface area contributed by atoms with E-state index in [1.165, 1.54) is 0 Å². The number of hydrogen-bond donors (Lipinski definition) is 0. The summed E-state index contributed by atoms with van der Waals surface area (Å²) in [6.45, 7) is 6.30. The molecule has 0 radical (unpaired) electrons. The number of ether oxygens (including phenoxy) is 1. The van der Waals surface area contributed by atoms with Crippen molar-refractivity contribution in [2.75, 3.05) is 0 Å². The van der Waals surface area contributed by atoms with Gasteiger partial charge in [-0.3, -0.25) is 4.79 Å². The normalized spacial score (nSPS) is 46.1. The Balaban J connectivity index is 2.47. The summed E-state index contributed by atoms with van der Waals surface area (Å²) >= 11 is 0. The Morgan fingerprint density at radius 2 is 2.09 bits per heavy atom. The first-order valence-electron chi connectivity index (χ1n) is 4.19. The van der Waals surface area contributed by atoms with Crippen molar-refractivity contribution in [3.8, 4) is 0 Å². The second-order valence-electron chi connectivity index (χ2n) is 4.49. The molecule has 1 aliphatic heterocycles. The number of rotatable bonds is 0. The molecule has 1 aliphatic carbocycles. The Hall–Kier alpha value is -0.530. The minimum absolute atomic E-state index is 0.0127. The molecule has 2 nitrogen and oxygen atoms in total. The summed E-state index contributed by atoms with van der Waals surface area (Å²) in [5, 5.41) is 0. The van der Waals surface area contributed by atoms with Crippen LogP contribution in [0.5, 0.6) is 0 Å². The SMILES string of the molecule is CC12CCC(OC1=O)C2(C)C. The maximum Gasteiger partial charge on any atom is 0.312 e. The van der Waals surface area contributed by atoms with E-state index in [0.29, 0.717) is 0 Å². The average Bonchev–Trinajstić information content (AvgIpc) is 2.20. The molecule has 1 heterocycles. The third-order valence-corrected chi connectivity index (χ3v) is 3.83. The number of carbonyl (C=O) groups excluding carboxylic acids is 1. The highest BCUT2D eigenvalue weighted by Gasteiger charge is 2.64. The molecule has 2 unspecified atom stereocenters. The van der Waals surface area contributed by atoms with Crippen LogP contribution in [0.2, 0.25) is 0 Å². The van der Waals surface area contributed by atoms with Gasteiger partial charge >= 0.3 is 5.97 Å². The van der Waals surface area contributed by atoms with E-state index in [1.54, 1.807) is 0 Å². The van der Waals surface area contributed by atoms with Crippen molar-refractivity contribution in [3.63, 3.8) is 0 Å². The molecule has 0 aromatic carbocycles. The summed E-state index contributed by atoms with van der Waals surface area (Å²) in [4.78, 5) is 11.4. The predicted octanol–water partition coefficient (Wildman–Crippen LogP) is 1.74. The first-order valence-corrected chi connectivity index (χ1v) is 4.19. The van der Waals surface area contributed by atoms with Gasteiger partial charge in [-0.05, 0) is 19.8 Å². The minimum Gasteiger partial charge on any atom is -0.461 e. The third kappa shape index (κ3) is 0.569. The molecule has 0 aromatic heterocycles. The van der Waals surface area contributed by atoms with Crippen LogP contribution in [0.1, 0.15) is 33.6 Å². The van der Waals surface area contributed by atoms with Crippen LogP contribution in [0.3, 0.4) is 0 Å². The molecule has 62 valence electrons. The van der Waals surface area contributed by atoms with Crippen molar-refractivity contribution in [1.29, 1.82) is 0 Å². The van der Waals surface area contributed by atoms with Crippen LogP contribution < -0.4 is 0 Å². The molecule has 2 aliphatic rings. The highest BCUT2D eigenvalue weighted by Crippen LogP contribution is 2.59. The summed E-state index contributed by atoms with van der Waals surface area (Å²) < 4.78 is 5.24. The summed E-state index contributed by atoms with van der Waals surface area (Å²) in [7, 11) is 0. The summed E-state index contributed by atoms with van der Waals surface area (Å²) in [5.41, 5.74) is -0.137. The lowest BCUT2D eigenvalue weighted by Crippen LogP contribution is -2.32. The topological polar surface area (TPSA) is 26.3 Å². The van der Waals surface area contributed by atoms with Gasteiger partial charge in [0.1, 0.15) is 6.10 Å². The summed E-state index contributed by atoms with van der Waals surface area (Å²) in [5.74, 6) is 0.0127. The second kappa shape index (κ2) is 1.62. The summed E-state index contributed by atoms with van der Waals surface area (Å²) in [6, 6.07) is 0. The van der Waals surface area contributed by atoms with Crippen LogP contribution in [0, 0.1) is 10.8 Å². The number of hydrogen-bond acceptors (Lipinski definition) is 2. The summed E-state index contributed by atoms with van der Waals surface area (Å²) in [6.07, 6.45) is 2.23. The van der Waals surface area contributed by atoms with Crippen LogP contribution >= 0.6 is 0 Å². The van der Waals surface area contributed by atoms with Crippen molar-refractivity contribution >= 4 is 5.97 Å². The Morgan fingerprint density at radius 1 is 1.45 bits per heavy atom. The van der Waals surface area contributed by atoms with E-state index in [0.717, 1.165) is 12.8 Å². The van der Waals surface area contributed by atoms with Crippen LogP contribution in [0.4, 0.5) is 0 Å². The van der Waals surface area contributed by atoms with Crippen LogP contribution in [0.25, 0.3) is 0 Å². The largest absolute Gasteiger partial charge is 0.461 e. The maximum absolute atomic E-state index is 11.4. The minimum atomic E-state index is -0.197. The van der Waals surface area contributed by atoms with Crippen LogP contribution in [-0.4, -0.2) is 12.1 Å². The van der Waals surface area contributed by atoms with Gasteiger partial charge in [-0.2, -0.15) is 0 Å². The van der Waals surface area contributed by atoms with Gasteiger partial charge in [-0.1, -0.05) is 13.8 Å². The molecular weight excluding hydrogens is 140 g/mol. The lowest BCUT2D eigenvalue weighted by Gasteiger charge is -2.27. The fraction of sp³-hybridized carbons (Fsp3) is 0.889. The number of fused-ring (bicyclic) bond motifs is 2. The molecule has 0 N–H and O–H groups in total. The van der Waals surface area contributed by atoms with E-state index >= 15 is 0 Å². The van der Waals surface area contributed by atoms with E-state index in [-0.39, 0.29) is 22.9 Å². The quantitative estimate of drug-likeness (QED) is 0.497. The molecule has 2 rings (SSSR count). The lowest BCUT2D eigenvalue weighted by molar-refractivity contribution is -0.152. The van der Waals surface area contributed by atoms with Crippen molar-refractivity contribution in [1.82, 2.24) is 0 Å². The van der Waals surface area contributed by atoms with E-state index in [2.05, 4.69) is 13.8 Å². The zero-order chi connectivity index (χ0) is 8.28. The van der Waals surface area contributed by atoms with Gasteiger partial charge in [0.2, 0.25) is 0 Å². The highest BCUT2D eigenvalue weighted by molar-refractivity contribution is 5.81. The Morgan fingerprint density at radius 3 is 2.27 bits per heavy atom. The third-order valence-electron chi connectivity index (χ3n) is 3.83. The van der Waals surface area contributed by atoms with E-state index in [9.17, 15) is 4.79 Å². The molecule has 11 heavy (non-hydrogen) atoms. The maximum atomic E-state index is 11.4. The first kappa shape index (κ1) is 7.14. The van der Waals surface area contributed by atoms with Crippen LogP contribution in [0.15, 0.2) is 0 Å². The van der Waals surface area contributed by atoms with Crippen molar-refractivity contribution in [3.05, 3.63) is 0 Å². The molecule has 0 spiro atoms. The standard InChI is InChI=1S/C9H14O2/c1-8(2)6-4-5-9(8,3)7(10)11-6/h6H,4-5H2,1-3H3. The van der Waals surface area contributed by atoms with E-state index < -0.39 is 0 Å². The Bertz CT molecular complexity index is 220. The predicted molar refractivity (Wildman–Crippen MR) is 41.0 cm³/mol. The fourth-order valence-corrected chi connectivity index (χ4v) is 2.29. The van der Waals surface area contributed by atoms with Gasteiger partial charge in [0.05, 0.1) is 5.41 Å². The average molecular weight is 154 g/mol. The Kier molecular flexibility index (Phi) is 1.05. The molecule has 1 saturated carbocycles. The van der Waals surface area contributed by atoms with E-state index in [4.69, 9.17) is 4.74 Å². The van der Waals surface area contributed by atoms with Gasteiger partial charge < -0.3 is 4.74 Å². The highest BCUT2D eigenvalue weighted by atomic mass is 16.6. The molecule has 2 bridgehead atoms. The molecule has 2 atom stereocenters. The molecule has 2 heteroatoms. The Labute approximate surface area is 66.9 Å². The number of esters is 1. The van der Waals surface area contributed by atoms with Gasteiger partial charge in [0, 0.05) is 5.41 Å². The zero-order valence-electron chi connectivity index (χ0n) is 7.31. The van der Waals surface area contributed by atoms with E-state index in [1.807, 2.05) is 6.92 Å². The molecule has 0 aromatic rings. The van der Waals surface area contributed by atoms with Crippen molar-refractivity contribution in [2.24, 2.45) is 10.8 Å². The van der Waals surface area contributed by atoms with Gasteiger partial charge in [0.15, 0.2) is 0 Å². The van der Waals surface area contributed by atoms with Gasteiger partial charge in [-0.15, -0.1) is 0 Å².